The number of fused-ring (bicyclic) bond motifs is 2. The minimum absolute atomic E-state index is 0.860. The molecule has 0 saturated heterocycles. The van der Waals surface area contributed by atoms with Gasteiger partial charge in [-0.05, 0) is 39.5 Å². The van der Waals surface area contributed by atoms with Crippen LogP contribution in [0.4, 0.5) is 0 Å². The van der Waals surface area contributed by atoms with Gasteiger partial charge in [-0.15, -0.1) is 0 Å². The molecule has 0 nitrogen and oxygen atoms in total. The average Bonchev–Trinajstić information content (AvgIpc) is 2.29. The Balaban J connectivity index is 2.28. The van der Waals surface area contributed by atoms with Crippen molar-refractivity contribution in [2.75, 3.05) is 0 Å². The third kappa shape index (κ3) is 1.25. The molecule has 0 saturated carbocycles. The van der Waals surface area contributed by atoms with Gasteiger partial charge < -0.3 is 0 Å². The van der Waals surface area contributed by atoms with Crippen LogP contribution in [0, 0.1) is 0 Å². The molecule has 14 heavy (non-hydrogen) atoms. The molecule has 2 aromatic rings. The van der Waals surface area contributed by atoms with E-state index in [1.807, 2.05) is 48.5 Å². The van der Waals surface area contributed by atoms with E-state index in [1.165, 1.54) is 0 Å². The summed E-state index contributed by atoms with van der Waals surface area (Å²) in [7, 11) is 0. The van der Waals surface area contributed by atoms with E-state index in [4.69, 9.17) is 2.25 Å². The van der Waals surface area contributed by atoms with E-state index < -0.39 is 11.6 Å². The molecule has 0 bridgehead atoms. The quantitative estimate of drug-likeness (QED) is 0.615. The van der Waals surface area contributed by atoms with Gasteiger partial charge in [0.15, 0.2) is 0 Å². The Labute approximate surface area is 90.1 Å². The van der Waals surface area contributed by atoms with Crippen molar-refractivity contribution < 1.29 is 0 Å². The summed E-state index contributed by atoms with van der Waals surface area (Å²) in [5, 5.41) is 0. The third-order valence-electron chi connectivity index (χ3n) is 2.55. The highest BCUT2D eigenvalue weighted by Gasteiger charge is 2.11. The molecule has 0 amide bonds. The number of benzene rings is 2. The number of rotatable bonds is 0. The fourth-order valence-corrected chi connectivity index (χ4v) is 2.90. The number of hydrogen-bond acceptors (Lipinski definition) is 0. The van der Waals surface area contributed by atoms with Gasteiger partial charge in [0.2, 0.25) is 0 Å². The van der Waals surface area contributed by atoms with Gasteiger partial charge in [0.1, 0.15) is 0 Å². The molecular formula is C13H12S. The van der Waals surface area contributed by atoms with Gasteiger partial charge in [-0.1, -0.05) is 36.4 Å². The van der Waals surface area contributed by atoms with Crippen LogP contribution in [0.25, 0.3) is 0 Å². The molecule has 0 unspecified atom stereocenters. The number of hydrogen-bond donors (Lipinski definition) is 0. The van der Waals surface area contributed by atoms with Gasteiger partial charge in [-0.25, -0.2) is 11.6 Å². The van der Waals surface area contributed by atoms with Crippen LogP contribution in [0.5, 0.6) is 0 Å². The molecular weight excluding hydrogens is 188 g/mol. The van der Waals surface area contributed by atoms with Crippen molar-refractivity contribution >= 4 is 11.6 Å². The highest BCUT2D eigenvalue weighted by molar-refractivity contribution is 7.99. The molecule has 0 aliphatic carbocycles. The summed E-state index contributed by atoms with van der Waals surface area (Å²) >= 11 is -2.30. The first kappa shape index (κ1) is 6.31. The molecule has 1 aliphatic rings. The van der Waals surface area contributed by atoms with Crippen LogP contribution in [0.3, 0.4) is 0 Å². The van der Waals surface area contributed by atoms with Crippen LogP contribution in [0.15, 0.2) is 58.3 Å². The summed E-state index contributed by atoms with van der Waals surface area (Å²) in [6, 6.07) is 15.8. The second-order valence-corrected chi connectivity index (χ2v) is 4.58. The first-order chi connectivity index (χ1) is 7.69. The topological polar surface area (TPSA) is 0 Å². The van der Waals surface area contributed by atoms with E-state index in [0.717, 1.165) is 27.3 Å². The first-order valence-corrected chi connectivity index (χ1v) is 5.59. The van der Waals surface area contributed by atoms with Crippen LogP contribution in [0.2, 0.25) is 0 Å². The third-order valence-corrected chi connectivity index (χ3v) is 3.78. The fourth-order valence-electron chi connectivity index (χ4n) is 1.82. The summed E-state index contributed by atoms with van der Waals surface area (Å²) in [5.74, 6) is 0. The van der Waals surface area contributed by atoms with Crippen molar-refractivity contribution in [3.63, 3.8) is 0 Å². The lowest BCUT2D eigenvalue weighted by Gasteiger charge is -2.20. The minimum atomic E-state index is -2.30. The molecule has 1 heteroatoms. The van der Waals surface area contributed by atoms with Crippen LogP contribution in [0.1, 0.15) is 11.1 Å². The highest BCUT2D eigenvalue weighted by Crippen LogP contribution is 2.38. The summed E-state index contributed by atoms with van der Waals surface area (Å²) in [4.78, 5) is 1.79. The van der Waals surface area contributed by atoms with E-state index in [0.29, 0.717) is 0 Å². The second-order valence-electron chi connectivity index (χ2n) is 3.49. The zero-order valence-corrected chi connectivity index (χ0v) is 8.55. The lowest BCUT2D eigenvalue weighted by molar-refractivity contribution is 1.06. The largest absolute Gasteiger partial charge is 0.212 e. The van der Waals surface area contributed by atoms with Crippen molar-refractivity contribution in [2.24, 2.45) is 0 Å². The zero-order valence-electron chi connectivity index (χ0n) is 9.73. The normalized spacial score (nSPS) is 21.1. The van der Waals surface area contributed by atoms with E-state index in [2.05, 4.69) is 0 Å². The summed E-state index contributed by atoms with van der Waals surface area (Å²) in [6.07, 6.45) is 0.860. The molecule has 0 radical (unpaired) electrons. The molecule has 0 N–H and O–H groups in total. The summed E-state index contributed by atoms with van der Waals surface area (Å²) in [6.45, 7) is 0. The first-order valence-electron chi connectivity index (χ1n) is 5.59. The van der Waals surface area contributed by atoms with Crippen LogP contribution >= 0.6 is 11.6 Å². The Bertz CT molecular complexity index is 502. The SMILES string of the molecule is [2H]S1([2H])c2ccccc2Cc2ccccc21. The van der Waals surface area contributed by atoms with E-state index in [-0.39, 0.29) is 0 Å². The van der Waals surface area contributed by atoms with Crippen molar-refractivity contribution in [1.82, 2.24) is 0 Å². The van der Waals surface area contributed by atoms with E-state index in [9.17, 15) is 0 Å². The van der Waals surface area contributed by atoms with Crippen molar-refractivity contribution in [3.8, 4) is 0 Å². The maximum Gasteiger partial charge on any atom is 0.0889 e. The molecule has 3 rings (SSSR count). The monoisotopic (exact) mass is 202 g/mol. The average molecular weight is 202 g/mol. The Kier molecular flexibility index (Phi) is 1.43. The van der Waals surface area contributed by atoms with Gasteiger partial charge in [-0.3, -0.25) is 0 Å². The Morgan fingerprint density at radius 3 is 1.93 bits per heavy atom. The summed E-state index contributed by atoms with van der Waals surface area (Å²) in [5.41, 5.74) is 2.28. The fraction of sp³-hybridized carbons (Fsp3) is 0.0769. The lowest BCUT2D eigenvalue weighted by Crippen LogP contribution is -1.98. The van der Waals surface area contributed by atoms with Gasteiger partial charge >= 0.3 is 0 Å². The molecule has 70 valence electrons. The standard InChI is InChI=1S/C13H12S/c1-3-7-12-10(5-1)9-11-6-2-4-8-13(11)14-12/h1-8H,9,14H2/i14D2. The van der Waals surface area contributed by atoms with Gasteiger partial charge in [0.05, 0.1) is 2.25 Å². The summed E-state index contributed by atoms with van der Waals surface area (Å²) < 4.78 is 16.7. The Morgan fingerprint density at radius 2 is 1.36 bits per heavy atom. The van der Waals surface area contributed by atoms with Crippen molar-refractivity contribution in [3.05, 3.63) is 59.7 Å². The highest BCUT2D eigenvalue weighted by atomic mass is 32.2. The van der Waals surface area contributed by atoms with E-state index >= 15 is 0 Å². The Morgan fingerprint density at radius 1 is 0.857 bits per heavy atom. The van der Waals surface area contributed by atoms with Crippen molar-refractivity contribution in [2.45, 2.75) is 16.2 Å². The maximum atomic E-state index is 8.34. The van der Waals surface area contributed by atoms with Crippen LogP contribution in [-0.2, 0) is 6.42 Å². The maximum absolute atomic E-state index is 8.34. The molecule has 1 aliphatic heterocycles. The predicted molar refractivity (Wildman–Crippen MR) is 62.6 cm³/mol. The van der Waals surface area contributed by atoms with Gasteiger partial charge in [0.25, 0.3) is 0 Å². The molecule has 2 aromatic carbocycles. The second kappa shape index (κ2) is 3.18. The molecule has 0 atom stereocenters. The minimum Gasteiger partial charge on any atom is -0.212 e. The molecule has 0 spiro atoms. The van der Waals surface area contributed by atoms with Gasteiger partial charge in [-0.2, -0.15) is 0 Å². The van der Waals surface area contributed by atoms with Crippen LogP contribution < -0.4 is 0 Å². The Hall–Kier alpha value is -1.21. The van der Waals surface area contributed by atoms with Gasteiger partial charge in [0, 0.05) is 0 Å². The molecule has 0 fully saturated rings. The molecule has 1 heterocycles. The van der Waals surface area contributed by atoms with Crippen LogP contribution in [-0.4, -0.2) is 2.25 Å². The lowest BCUT2D eigenvalue weighted by atomic mass is 10.0. The van der Waals surface area contributed by atoms with E-state index in [1.54, 1.807) is 0 Å². The zero-order chi connectivity index (χ0) is 11.2. The predicted octanol–water partition coefficient (Wildman–Crippen LogP) is 3.21. The van der Waals surface area contributed by atoms with Crippen molar-refractivity contribution in [1.29, 1.82) is 2.25 Å². The molecule has 0 aromatic heterocycles. The smallest absolute Gasteiger partial charge is 0.0889 e.